The fourth-order valence-electron chi connectivity index (χ4n) is 3.26. The van der Waals surface area contributed by atoms with Crippen LogP contribution in [0.25, 0.3) is 11.4 Å². The standard InChI is InChI=1S/C26H26N4OS/c1-18-5-4-6-22(13-18)15-27-16-24-28-25(23-10-12-32-17-23)30-26(29-24)31-11-9-21-8-7-19(2)20(3)14-21/h4-8,10,12-15,17H,9,11,16H2,1-3H3. The van der Waals surface area contributed by atoms with Gasteiger partial charge in [-0.3, -0.25) is 4.99 Å². The summed E-state index contributed by atoms with van der Waals surface area (Å²) in [6, 6.07) is 17.0. The highest BCUT2D eigenvalue weighted by atomic mass is 32.1. The maximum absolute atomic E-state index is 5.93. The second-order valence-corrected chi connectivity index (χ2v) is 8.55. The lowest BCUT2D eigenvalue weighted by molar-refractivity contribution is 0.294. The Morgan fingerprint density at radius 3 is 2.66 bits per heavy atom. The topological polar surface area (TPSA) is 60.3 Å². The van der Waals surface area contributed by atoms with E-state index >= 15 is 0 Å². The minimum atomic E-state index is 0.339. The van der Waals surface area contributed by atoms with Crippen LogP contribution in [0.1, 0.15) is 33.6 Å². The summed E-state index contributed by atoms with van der Waals surface area (Å²) in [5, 5.41) is 4.03. The Morgan fingerprint density at radius 2 is 1.88 bits per heavy atom. The Labute approximate surface area is 192 Å². The summed E-state index contributed by atoms with van der Waals surface area (Å²) in [7, 11) is 0. The van der Waals surface area contributed by atoms with Gasteiger partial charge >= 0.3 is 6.01 Å². The number of nitrogens with zero attached hydrogens (tertiary/aromatic N) is 4. The Morgan fingerprint density at radius 1 is 0.969 bits per heavy atom. The second-order valence-electron chi connectivity index (χ2n) is 7.77. The summed E-state index contributed by atoms with van der Waals surface area (Å²) in [5.74, 6) is 1.20. The van der Waals surface area contributed by atoms with E-state index in [9.17, 15) is 0 Å². The molecular formula is C26H26N4OS. The first-order chi connectivity index (χ1) is 15.6. The zero-order chi connectivity index (χ0) is 22.3. The van der Waals surface area contributed by atoms with E-state index in [-0.39, 0.29) is 0 Å². The van der Waals surface area contributed by atoms with Gasteiger partial charge in [-0.05, 0) is 54.5 Å². The summed E-state index contributed by atoms with van der Waals surface area (Å²) in [6.45, 7) is 7.18. The van der Waals surface area contributed by atoms with Crippen molar-refractivity contribution in [1.29, 1.82) is 0 Å². The summed E-state index contributed by atoms with van der Waals surface area (Å²) >= 11 is 1.61. The summed E-state index contributed by atoms with van der Waals surface area (Å²) < 4.78 is 5.93. The number of benzene rings is 2. The predicted octanol–water partition coefficient (Wildman–Crippen LogP) is 5.77. The maximum Gasteiger partial charge on any atom is 0.320 e. The molecule has 0 bridgehead atoms. The number of hydrogen-bond acceptors (Lipinski definition) is 6. The lowest BCUT2D eigenvalue weighted by atomic mass is 10.0. The van der Waals surface area contributed by atoms with Crippen molar-refractivity contribution >= 4 is 17.6 Å². The largest absolute Gasteiger partial charge is 0.463 e. The summed E-state index contributed by atoms with van der Waals surface area (Å²) in [5.41, 5.74) is 7.04. The molecule has 0 aliphatic carbocycles. The van der Waals surface area contributed by atoms with E-state index in [2.05, 4.69) is 71.0 Å². The van der Waals surface area contributed by atoms with Crippen molar-refractivity contribution in [2.45, 2.75) is 33.7 Å². The molecule has 0 aliphatic heterocycles. The van der Waals surface area contributed by atoms with Crippen molar-refractivity contribution in [3.05, 3.63) is 92.9 Å². The molecule has 2 heterocycles. The van der Waals surface area contributed by atoms with Gasteiger partial charge in [0.2, 0.25) is 0 Å². The number of aryl methyl sites for hydroxylation is 3. The Bertz CT molecular complexity index is 1220. The van der Waals surface area contributed by atoms with Crippen molar-refractivity contribution in [2.75, 3.05) is 6.61 Å². The number of rotatable bonds is 8. The van der Waals surface area contributed by atoms with Gasteiger partial charge in [0.05, 0.1) is 13.2 Å². The van der Waals surface area contributed by atoms with Gasteiger partial charge < -0.3 is 4.74 Å². The zero-order valence-electron chi connectivity index (χ0n) is 18.6. The molecule has 162 valence electrons. The average molecular weight is 443 g/mol. The first-order valence-electron chi connectivity index (χ1n) is 10.6. The van der Waals surface area contributed by atoms with Gasteiger partial charge in [0.1, 0.15) is 0 Å². The Balaban J connectivity index is 1.48. The third-order valence-corrected chi connectivity index (χ3v) is 5.83. The number of thiophene rings is 1. The van der Waals surface area contributed by atoms with E-state index in [4.69, 9.17) is 4.74 Å². The van der Waals surface area contributed by atoms with Gasteiger partial charge in [-0.25, -0.2) is 4.98 Å². The van der Waals surface area contributed by atoms with Crippen molar-refractivity contribution < 1.29 is 4.74 Å². The molecule has 0 fully saturated rings. The van der Waals surface area contributed by atoms with Crippen molar-refractivity contribution in [3.8, 4) is 17.4 Å². The van der Waals surface area contributed by atoms with Gasteiger partial charge in [-0.2, -0.15) is 21.3 Å². The zero-order valence-corrected chi connectivity index (χ0v) is 19.4. The third kappa shape index (κ3) is 5.86. The quantitative estimate of drug-likeness (QED) is 0.325. The van der Waals surface area contributed by atoms with Crippen LogP contribution >= 0.6 is 11.3 Å². The van der Waals surface area contributed by atoms with Gasteiger partial charge in [0, 0.05) is 23.6 Å². The molecule has 0 atom stereocenters. The molecule has 2 aromatic carbocycles. The molecule has 6 heteroatoms. The number of hydrogen-bond donors (Lipinski definition) is 0. The van der Waals surface area contributed by atoms with E-state index in [0.29, 0.717) is 30.8 Å². The van der Waals surface area contributed by atoms with Gasteiger partial charge in [0.15, 0.2) is 11.6 Å². The lowest BCUT2D eigenvalue weighted by Crippen LogP contribution is -2.08. The first kappa shape index (κ1) is 21.8. The van der Waals surface area contributed by atoms with Crippen LogP contribution in [-0.2, 0) is 13.0 Å². The maximum atomic E-state index is 5.93. The van der Waals surface area contributed by atoms with E-state index in [1.807, 2.05) is 35.2 Å². The summed E-state index contributed by atoms with van der Waals surface area (Å²) in [6.07, 6.45) is 2.64. The third-order valence-electron chi connectivity index (χ3n) is 5.15. The fourth-order valence-corrected chi connectivity index (χ4v) is 3.89. The van der Waals surface area contributed by atoms with Crippen LogP contribution < -0.4 is 4.74 Å². The molecule has 5 nitrogen and oxygen atoms in total. The van der Waals surface area contributed by atoms with Gasteiger partial charge in [-0.15, -0.1) is 0 Å². The highest BCUT2D eigenvalue weighted by Gasteiger charge is 2.10. The van der Waals surface area contributed by atoms with Crippen LogP contribution in [0, 0.1) is 20.8 Å². The molecule has 4 aromatic rings. The molecule has 2 aromatic heterocycles. The van der Waals surface area contributed by atoms with Crippen LogP contribution in [-0.4, -0.2) is 27.8 Å². The molecule has 4 rings (SSSR count). The molecule has 32 heavy (non-hydrogen) atoms. The lowest BCUT2D eigenvalue weighted by Gasteiger charge is -2.08. The van der Waals surface area contributed by atoms with Crippen molar-refractivity contribution in [1.82, 2.24) is 15.0 Å². The number of aromatic nitrogens is 3. The molecule has 0 N–H and O–H groups in total. The number of aliphatic imine (C=N–C) groups is 1. The van der Waals surface area contributed by atoms with E-state index in [1.165, 1.54) is 22.3 Å². The van der Waals surface area contributed by atoms with Crippen LogP contribution in [0.4, 0.5) is 0 Å². The first-order valence-corrected chi connectivity index (χ1v) is 11.5. The number of ether oxygens (including phenoxy) is 1. The van der Waals surface area contributed by atoms with E-state index in [0.717, 1.165) is 17.5 Å². The average Bonchev–Trinajstić information content (AvgIpc) is 3.31. The Hall–Kier alpha value is -3.38. The van der Waals surface area contributed by atoms with Gasteiger partial charge in [0.25, 0.3) is 0 Å². The van der Waals surface area contributed by atoms with Crippen LogP contribution in [0.3, 0.4) is 0 Å². The molecule has 0 spiro atoms. The molecule has 0 radical (unpaired) electrons. The monoisotopic (exact) mass is 442 g/mol. The van der Waals surface area contributed by atoms with Crippen LogP contribution in [0.2, 0.25) is 0 Å². The SMILES string of the molecule is Cc1cccc(C=NCc2nc(OCCc3ccc(C)c(C)c3)nc(-c3ccsc3)n2)c1. The highest BCUT2D eigenvalue weighted by molar-refractivity contribution is 7.08. The Kier molecular flexibility index (Phi) is 7.02. The molecule has 0 saturated carbocycles. The van der Waals surface area contributed by atoms with Gasteiger partial charge in [-0.1, -0.05) is 48.0 Å². The summed E-state index contributed by atoms with van der Waals surface area (Å²) in [4.78, 5) is 18.2. The highest BCUT2D eigenvalue weighted by Crippen LogP contribution is 2.20. The minimum Gasteiger partial charge on any atom is -0.463 e. The molecular weight excluding hydrogens is 416 g/mol. The fraction of sp³-hybridized carbons (Fsp3) is 0.231. The molecule has 0 aliphatic rings. The van der Waals surface area contributed by atoms with Crippen LogP contribution in [0.5, 0.6) is 6.01 Å². The predicted molar refractivity (Wildman–Crippen MR) is 131 cm³/mol. The van der Waals surface area contributed by atoms with Crippen LogP contribution in [0.15, 0.2) is 64.3 Å². The normalized spacial score (nSPS) is 11.2. The van der Waals surface area contributed by atoms with E-state index < -0.39 is 0 Å². The van der Waals surface area contributed by atoms with Crippen molar-refractivity contribution in [2.24, 2.45) is 4.99 Å². The van der Waals surface area contributed by atoms with E-state index in [1.54, 1.807) is 11.3 Å². The minimum absolute atomic E-state index is 0.339. The van der Waals surface area contributed by atoms with Crippen molar-refractivity contribution in [3.63, 3.8) is 0 Å². The molecule has 0 unspecified atom stereocenters. The second kappa shape index (κ2) is 10.3. The smallest absolute Gasteiger partial charge is 0.320 e. The molecule has 0 amide bonds. The molecule has 0 saturated heterocycles.